The summed E-state index contributed by atoms with van der Waals surface area (Å²) in [6, 6.07) is 8.74. The van der Waals surface area contributed by atoms with Crippen molar-refractivity contribution in [2.24, 2.45) is 4.99 Å². The van der Waals surface area contributed by atoms with Crippen LogP contribution in [0.5, 0.6) is 0 Å². The van der Waals surface area contributed by atoms with Crippen LogP contribution in [-0.4, -0.2) is 50.0 Å². The summed E-state index contributed by atoms with van der Waals surface area (Å²) in [6.07, 6.45) is 4.96. The first-order chi connectivity index (χ1) is 12.7. The van der Waals surface area contributed by atoms with Gasteiger partial charge in [-0.05, 0) is 43.5 Å². The second-order valence-electron chi connectivity index (χ2n) is 6.78. The van der Waals surface area contributed by atoms with Crippen LogP contribution in [0.25, 0.3) is 0 Å². The van der Waals surface area contributed by atoms with Crippen molar-refractivity contribution < 1.29 is 4.79 Å². The van der Waals surface area contributed by atoms with E-state index in [2.05, 4.69) is 50.1 Å². The number of piperidine rings is 1. The highest BCUT2D eigenvalue weighted by molar-refractivity contribution is 5.86. The van der Waals surface area contributed by atoms with Gasteiger partial charge in [-0.2, -0.15) is 0 Å². The van der Waals surface area contributed by atoms with Crippen LogP contribution in [0.15, 0.2) is 29.3 Å². The molecule has 0 saturated carbocycles. The molecule has 26 heavy (non-hydrogen) atoms. The monoisotopic (exact) mass is 359 g/mol. The first-order valence-corrected chi connectivity index (χ1v) is 9.72. The third-order valence-electron chi connectivity index (χ3n) is 4.55. The van der Waals surface area contributed by atoms with E-state index in [0.717, 1.165) is 13.0 Å². The van der Waals surface area contributed by atoms with Crippen molar-refractivity contribution >= 4 is 11.9 Å². The van der Waals surface area contributed by atoms with E-state index >= 15 is 0 Å². The largest absolute Gasteiger partial charge is 0.355 e. The molecule has 1 aromatic carbocycles. The molecule has 1 fully saturated rings. The highest BCUT2D eigenvalue weighted by Gasteiger charge is 2.10. The van der Waals surface area contributed by atoms with Crippen molar-refractivity contribution in [3.05, 3.63) is 35.4 Å². The van der Waals surface area contributed by atoms with Crippen LogP contribution in [0.2, 0.25) is 0 Å². The Morgan fingerprint density at radius 1 is 1.04 bits per heavy atom. The number of hydrogen-bond acceptors (Lipinski definition) is 3. The third kappa shape index (κ3) is 7.44. The summed E-state index contributed by atoms with van der Waals surface area (Å²) in [4.78, 5) is 18.3. The van der Waals surface area contributed by atoms with Crippen LogP contribution in [0, 0.1) is 0 Å². The first-order valence-electron chi connectivity index (χ1n) is 9.72. The smallest absolute Gasteiger partial charge is 0.239 e. The molecule has 1 aliphatic rings. The van der Waals surface area contributed by atoms with E-state index in [-0.39, 0.29) is 12.5 Å². The molecule has 0 spiro atoms. The number of nitrogens with one attached hydrogen (secondary N) is 3. The highest BCUT2D eigenvalue weighted by Crippen LogP contribution is 2.13. The van der Waals surface area contributed by atoms with Crippen LogP contribution < -0.4 is 16.0 Å². The lowest BCUT2D eigenvalue weighted by Crippen LogP contribution is -2.43. The Morgan fingerprint density at radius 2 is 1.73 bits per heavy atom. The molecule has 1 aliphatic heterocycles. The number of carbonyl (C=O) groups is 1. The number of guanidine groups is 1. The number of rotatable bonds is 8. The lowest BCUT2D eigenvalue weighted by atomic mass is 10.1. The zero-order chi connectivity index (χ0) is 18.6. The zero-order valence-electron chi connectivity index (χ0n) is 16.2. The number of hydrogen-bond donors (Lipinski definition) is 3. The fourth-order valence-corrected chi connectivity index (χ4v) is 3.04. The normalized spacial score (nSPS) is 15.5. The standard InChI is InChI=1S/C20H33N5O/c1-3-11-22-19(26)15-24-20(21-2)23-14-17-7-9-18(10-8-17)16-25-12-5-4-6-13-25/h7-10H,3-6,11-16H2,1-2H3,(H,22,26)(H2,21,23,24). The molecule has 0 aromatic heterocycles. The van der Waals surface area contributed by atoms with Gasteiger partial charge in [0.05, 0.1) is 6.54 Å². The summed E-state index contributed by atoms with van der Waals surface area (Å²) >= 11 is 0. The fraction of sp³-hybridized carbons (Fsp3) is 0.600. The highest BCUT2D eigenvalue weighted by atomic mass is 16.1. The van der Waals surface area contributed by atoms with Crippen molar-refractivity contribution in [3.8, 4) is 0 Å². The Hall–Kier alpha value is -2.08. The molecule has 0 radical (unpaired) electrons. The van der Waals surface area contributed by atoms with Crippen molar-refractivity contribution in [1.29, 1.82) is 0 Å². The van der Waals surface area contributed by atoms with Gasteiger partial charge >= 0.3 is 0 Å². The Labute approximate surface area is 157 Å². The number of nitrogens with zero attached hydrogens (tertiary/aromatic N) is 2. The van der Waals surface area contributed by atoms with Crippen molar-refractivity contribution in [2.45, 2.75) is 45.7 Å². The predicted molar refractivity (Wildman–Crippen MR) is 107 cm³/mol. The van der Waals surface area contributed by atoms with Gasteiger partial charge in [0.15, 0.2) is 5.96 Å². The van der Waals surface area contributed by atoms with Gasteiger partial charge in [-0.1, -0.05) is 37.6 Å². The molecule has 6 heteroatoms. The number of aliphatic imine (C=N–C) groups is 1. The summed E-state index contributed by atoms with van der Waals surface area (Å²) in [5.74, 6) is 0.617. The molecule has 1 amide bonds. The summed E-state index contributed by atoms with van der Waals surface area (Å²) in [5.41, 5.74) is 2.57. The molecular weight excluding hydrogens is 326 g/mol. The van der Waals surface area contributed by atoms with Crippen LogP contribution in [0.1, 0.15) is 43.7 Å². The maximum absolute atomic E-state index is 11.6. The lowest BCUT2D eigenvalue weighted by molar-refractivity contribution is -0.120. The van der Waals surface area contributed by atoms with Crippen molar-refractivity contribution in [1.82, 2.24) is 20.9 Å². The molecule has 6 nitrogen and oxygen atoms in total. The predicted octanol–water partition coefficient (Wildman–Crippen LogP) is 1.86. The van der Waals surface area contributed by atoms with E-state index in [4.69, 9.17) is 0 Å². The first kappa shape index (κ1) is 20.2. The van der Waals surface area contributed by atoms with Crippen LogP contribution in [0.3, 0.4) is 0 Å². The van der Waals surface area contributed by atoms with E-state index in [1.54, 1.807) is 7.05 Å². The molecule has 1 heterocycles. The molecular formula is C20H33N5O. The number of carbonyl (C=O) groups excluding carboxylic acids is 1. The van der Waals surface area contributed by atoms with E-state index in [9.17, 15) is 4.79 Å². The van der Waals surface area contributed by atoms with Gasteiger partial charge in [-0.15, -0.1) is 0 Å². The number of amides is 1. The van der Waals surface area contributed by atoms with E-state index in [1.165, 1.54) is 43.5 Å². The maximum Gasteiger partial charge on any atom is 0.239 e. The summed E-state index contributed by atoms with van der Waals surface area (Å²) in [7, 11) is 1.71. The Morgan fingerprint density at radius 3 is 2.38 bits per heavy atom. The van der Waals surface area contributed by atoms with Crippen LogP contribution in [0.4, 0.5) is 0 Å². The van der Waals surface area contributed by atoms with Crippen LogP contribution in [-0.2, 0) is 17.9 Å². The third-order valence-corrected chi connectivity index (χ3v) is 4.55. The second-order valence-corrected chi connectivity index (χ2v) is 6.78. The van der Waals surface area contributed by atoms with E-state index in [1.807, 2.05) is 6.92 Å². The van der Waals surface area contributed by atoms with Gasteiger partial charge in [0.2, 0.25) is 5.91 Å². The molecule has 0 unspecified atom stereocenters. The summed E-state index contributed by atoms with van der Waals surface area (Å²) in [6.45, 7) is 7.13. The van der Waals surface area contributed by atoms with Gasteiger partial charge in [0, 0.05) is 26.7 Å². The Bertz CT molecular complexity index is 564. The van der Waals surface area contributed by atoms with Gasteiger partial charge in [-0.25, -0.2) is 0 Å². The van der Waals surface area contributed by atoms with Crippen molar-refractivity contribution in [3.63, 3.8) is 0 Å². The minimum atomic E-state index is -0.0168. The number of likely N-dealkylation sites (tertiary alicyclic amines) is 1. The van der Waals surface area contributed by atoms with Gasteiger partial charge in [0.25, 0.3) is 0 Å². The van der Waals surface area contributed by atoms with Crippen molar-refractivity contribution in [2.75, 3.05) is 33.2 Å². The molecule has 0 bridgehead atoms. The van der Waals surface area contributed by atoms with Gasteiger partial charge in [-0.3, -0.25) is 14.7 Å². The quantitative estimate of drug-likeness (QED) is 0.490. The van der Waals surface area contributed by atoms with E-state index in [0.29, 0.717) is 19.0 Å². The Balaban J connectivity index is 1.72. The van der Waals surface area contributed by atoms with Gasteiger partial charge < -0.3 is 16.0 Å². The van der Waals surface area contributed by atoms with Gasteiger partial charge in [0.1, 0.15) is 0 Å². The minimum Gasteiger partial charge on any atom is -0.355 e. The summed E-state index contributed by atoms with van der Waals surface area (Å²) < 4.78 is 0. The average Bonchev–Trinajstić information content (AvgIpc) is 2.68. The van der Waals surface area contributed by atoms with E-state index < -0.39 is 0 Å². The second kappa shape index (κ2) is 11.5. The van der Waals surface area contributed by atoms with Crippen LogP contribution >= 0.6 is 0 Å². The maximum atomic E-state index is 11.6. The molecule has 0 aliphatic carbocycles. The average molecular weight is 360 g/mol. The molecule has 2 rings (SSSR count). The zero-order valence-corrected chi connectivity index (χ0v) is 16.2. The molecule has 0 atom stereocenters. The molecule has 1 saturated heterocycles. The lowest BCUT2D eigenvalue weighted by Gasteiger charge is -2.26. The Kier molecular flexibility index (Phi) is 8.96. The topological polar surface area (TPSA) is 68.8 Å². The fourth-order valence-electron chi connectivity index (χ4n) is 3.04. The molecule has 1 aromatic rings. The number of benzene rings is 1. The minimum absolute atomic E-state index is 0.0168. The molecule has 3 N–H and O–H groups in total. The molecule has 144 valence electrons. The summed E-state index contributed by atoms with van der Waals surface area (Å²) in [5, 5.41) is 9.12. The SMILES string of the molecule is CCCNC(=O)CNC(=NC)NCc1ccc(CN2CCCCC2)cc1.